The van der Waals surface area contributed by atoms with Gasteiger partial charge in [-0.1, -0.05) is 256 Å². The Balaban J connectivity index is 3.48. The number of amides is 1. The molecule has 0 bridgehead atoms. The van der Waals surface area contributed by atoms with Crippen molar-refractivity contribution in [2.45, 2.75) is 309 Å². The molecule has 0 aliphatic rings. The summed E-state index contributed by atoms with van der Waals surface area (Å²) in [5.74, 6) is -0.0948. The zero-order valence-electron chi connectivity index (χ0n) is 42.8. The number of hydrogen-bond acceptors (Lipinski definition) is 5. The summed E-state index contributed by atoms with van der Waals surface area (Å²) in [5.41, 5.74) is 0. The molecule has 6 heteroatoms. The third-order valence-corrected chi connectivity index (χ3v) is 12.9. The van der Waals surface area contributed by atoms with Crippen LogP contribution in [-0.2, 0) is 14.3 Å². The number of rotatable bonds is 52. The average Bonchev–Trinajstić information content (AvgIpc) is 3.29. The largest absolute Gasteiger partial charge is 0.466 e. The molecule has 0 spiro atoms. The van der Waals surface area contributed by atoms with Gasteiger partial charge in [0.2, 0.25) is 5.91 Å². The Hall–Kier alpha value is -1.92. The fourth-order valence-corrected chi connectivity index (χ4v) is 8.55. The van der Waals surface area contributed by atoms with Crippen molar-refractivity contribution in [3.8, 4) is 0 Å². The van der Waals surface area contributed by atoms with Gasteiger partial charge in [0.1, 0.15) is 0 Å². The van der Waals surface area contributed by atoms with Gasteiger partial charge in [0.25, 0.3) is 0 Å². The normalized spacial score (nSPS) is 12.9. The lowest BCUT2D eigenvalue weighted by molar-refractivity contribution is -0.143. The Kier molecular flexibility index (Phi) is 52.1. The fourth-order valence-electron chi connectivity index (χ4n) is 8.55. The molecule has 0 aromatic carbocycles. The van der Waals surface area contributed by atoms with E-state index < -0.39 is 12.1 Å². The van der Waals surface area contributed by atoms with Crippen molar-refractivity contribution in [2.75, 3.05) is 13.2 Å². The number of unbranched alkanes of at least 4 members (excludes halogenated alkanes) is 37. The summed E-state index contributed by atoms with van der Waals surface area (Å²) in [6.45, 7) is 4.85. The lowest BCUT2D eigenvalue weighted by Crippen LogP contribution is -2.45. The first-order valence-corrected chi connectivity index (χ1v) is 28.3. The number of carbonyl (C=O) groups excluding carboxylic acids is 2. The molecule has 0 aromatic heterocycles. The standard InChI is InChI=1S/C58H109NO5/c1-3-5-7-9-11-13-15-17-19-21-23-26-30-34-38-42-46-50-56(61)55(54-60)59-57(62)51-47-43-39-35-31-27-25-29-33-37-41-45-49-53-64-58(63)52-48-44-40-36-32-28-24-22-20-18-16-14-12-10-8-6-4-2/h12,14,18,20,46,50,55-56,60-61H,3-11,13,15-17,19,21-45,47-49,51-54H2,1-2H3,(H,59,62)/b14-12-,20-18-,50-46+. The zero-order valence-corrected chi connectivity index (χ0v) is 42.8. The summed E-state index contributed by atoms with van der Waals surface area (Å²) in [5, 5.41) is 23.1. The van der Waals surface area contributed by atoms with Gasteiger partial charge in [-0.3, -0.25) is 9.59 Å². The van der Waals surface area contributed by atoms with Gasteiger partial charge in [-0.15, -0.1) is 0 Å². The molecule has 3 N–H and O–H groups in total. The Morgan fingerprint density at radius 1 is 0.438 bits per heavy atom. The number of hydrogen-bond donors (Lipinski definition) is 3. The lowest BCUT2D eigenvalue weighted by atomic mass is 10.0. The van der Waals surface area contributed by atoms with E-state index in [2.05, 4.69) is 43.5 Å². The van der Waals surface area contributed by atoms with Crippen LogP contribution in [0.3, 0.4) is 0 Å². The summed E-state index contributed by atoms with van der Waals surface area (Å²) in [6, 6.07) is -0.638. The van der Waals surface area contributed by atoms with Gasteiger partial charge in [0.15, 0.2) is 0 Å². The molecule has 0 rings (SSSR count). The van der Waals surface area contributed by atoms with Crippen molar-refractivity contribution in [2.24, 2.45) is 0 Å². The van der Waals surface area contributed by atoms with Crippen LogP contribution in [0.1, 0.15) is 296 Å². The van der Waals surface area contributed by atoms with Crippen molar-refractivity contribution >= 4 is 11.9 Å². The molecule has 0 saturated heterocycles. The number of nitrogens with one attached hydrogen (secondary N) is 1. The minimum absolute atomic E-state index is 0.0146. The highest BCUT2D eigenvalue weighted by Gasteiger charge is 2.18. The van der Waals surface area contributed by atoms with E-state index in [1.54, 1.807) is 6.08 Å². The van der Waals surface area contributed by atoms with Crippen LogP contribution in [0.4, 0.5) is 0 Å². The molecule has 0 saturated carbocycles. The minimum Gasteiger partial charge on any atom is -0.466 e. The van der Waals surface area contributed by atoms with Crippen LogP contribution in [0.25, 0.3) is 0 Å². The van der Waals surface area contributed by atoms with E-state index in [0.717, 1.165) is 64.2 Å². The molecule has 376 valence electrons. The molecule has 0 fully saturated rings. The van der Waals surface area contributed by atoms with Crippen molar-refractivity contribution in [1.82, 2.24) is 5.32 Å². The van der Waals surface area contributed by atoms with Gasteiger partial charge in [-0.05, 0) is 64.2 Å². The summed E-state index contributed by atoms with van der Waals surface area (Å²) in [7, 11) is 0. The molecule has 1 amide bonds. The molecule has 0 aliphatic carbocycles. The van der Waals surface area contributed by atoms with E-state index in [4.69, 9.17) is 4.74 Å². The van der Waals surface area contributed by atoms with Crippen LogP contribution in [0.15, 0.2) is 36.5 Å². The minimum atomic E-state index is -0.854. The predicted octanol–water partition coefficient (Wildman–Crippen LogP) is 17.2. The van der Waals surface area contributed by atoms with E-state index in [1.807, 2.05) is 6.08 Å². The van der Waals surface area contributed by atoms with E-state index in [-0.39, 0.29) is 18.5 Å². The SMILES string of the molecule is CCCCC/C=C\C/C=C\CCCCCCCCCC(=O)OCCCCCCCCCCCCCCCC(=O)NC(CO)C(O)/C=C/CCCCCCCCCCCCCCCCC. The molecule has 64 heavy (non-hydrogen) atoms. The molecule has 6 nitrogen and oxygen atoms in total. The molecular weight excluding hydrogens is 791 g/mol. The lowest BCUT2D eigenvalue weighted by Gasteiger charge is -2.20. The van der Waals surface area contributed by atoms with Gasteiger partial charge >= 0.3 is 5.97 Å². The van der Waals surface area contributed by atoms with Crippen LogP contribution in [0.2, 0.25) is 0 Å². The van der Waals surface area contributed by atoms with Gasteiger partial charge in [-0.25, -0.2) is 0 Å². The maximum absolute atomic E-state index is 12.5. The summed E-state index contributed by atoms with van der Waals surface area (Å²) in [4.78, 5) is 24.5. The Morgan fingerprint density at radius 3 is 1.22 bits per heavy atom. The Labute approximate surface area is 398 Å². The van der Waals surface area contributed by atoms with Crippen LogP contribution >= 0.6 is 0 Å². The van der Waals surface area contributed by atoms with Crippen molar-refractivity contribution in [3.63, 3.8) is 0 Å². The maximum atomic E-state index is 12.5. The molecule has 0 aromatic rings. The average molecular weight is 901 g/mol. The number of allylic oxidation sites excluding steroid dienone is 5. The van der Waals surface area contributed by atoms with Crippen LogP contribution < -0.4 is 5.32 Å². The van der Waals surface area contributed by atoms with Gasteiger partial charge in [-0.2, -0.15) is 0 Å². The van der Waals surface area contributed by atoms with Gasteiger partial charge < -0.3 is 20.3 Å². The van der Waals surface area contributed by atoms with E-state index in [0.29, 0.717) is 19.4 Å². The maximum Gasteiger partial charge on any atom is 0.305 e. The highest BCUT2D eigenvalue weighted by molar-refractivity contribution is 5.76. The highest BCUT2D eigenvalue weighted by atomic mass is 16.5. The number of aliphatic hydroxyl groups excluding tert-OH is 2. The second kappa shape index (κ2) is 53.7. The number of esters is 1. The topological polar surface area (TPSA) is 95.9 Å². The first-order valence-electron chi connectivity index (χ1n) is 28.3. The van der Waals surface area contributed by atoms with Crippen molar-refractivity contribution in [1.29, 1.82) is 0 Å². The summed E-state index contributed by atoms with van der Waals surface area (Å²) in [6.07, 6.45) is 65.8. The number of ether oxygens (including phenoxy) is 1. The van der Waals surface area contributed by atoms with Gasteiger partial charge in [0.05, 0.1) is 25.4 Å². The molecule has 2 unspecified atom stereocenters. The second-order valence-corrected chi connectivity index (χ2v) is 19.3. The molecule has 0 radical (unpaired) electrons. The molecular formula is C58H109NO5. The number of aliphatic hydroxyl groups is 2. The second-order valence-electron chi connectivity index (χ2n) is 19.3. The first-order chi connectivity index (χ1) is 31.5. The number of carbonyl (C=O) groups is 2. The Bertz CT molecular complexity index is 1040. The zero-order chi connectivity index (χ0) is 46.5. The highest BCUT2D eigenvalue weighted by Crippen LogP contribution is 2.16. The van der Waals surface area contributed by atoms with E-state index in [9.17, 15) is 19.8 Å². The molecule has 2 atom stereocenters. The molecule has 0 heterocycles. The van der Waals surface area contributed by atoms with Gasteiger partial charge in [0, 0.05) is 12.8 Å². The van der Waals surface area contributed by atoms with Crippen LogP contribution in [0, 0.1) is 0 Å². The van der Waals surface area contributed by atoms with Crippen LogP contribution in [-0.4, -0.2) is 47.4 Å². The smallest absolute Gasteiger partial charge is 0.305 e. The van der Waals surface area contributed by atoms with E-state index >= 15 is 0 Å². The van der Waals surface area contributed by atoms with E-state index in [1.165, 1.54) is 205 Å². The quantitative estimate of drug-likeness (QED) is 0.0321. The van der Waals surface area contributed by atoms with Crippen LogP contribution in [0.5, 0.6) is 0 Å². The van der Waals surface area contributed by atoms with Crippen molar-refractivity contribution < 1.29 is 24.5 Å². The molecule has 0 aliphatic heterocycles. The third-order valence-electron chi connectivity index (χ3n) is 12.9. The monoisotopic (exact) mass is 900 g/mol. The first kappa shape index (κ1) is 62.1. The fraction of sp³-hybridized carbons (Fsp3) is 0.862. The predicted molar refractivity (Wildman–Crippen MR) is 278 cm³/mol. The summed E-state index contributed by atoms with van der Waals surface area (Å²) >= 11 is 0. The Morgan fingerprint density at radius 2 is 0.781 bits per heavy atom. The van der Waals surface area contributed by atoms with Crippen molar-refractivity contribution in [3.05, 3.63) is 36.5 Å². The third kappa shape index (κ3) is 49.5. The summed E-state index contributed by atoms with van der Waals surface area (Å²) < 4.78 is 5.47.